The van der Waals surface area contributed by atoms with Crippen molar-refractivity contribution in [3.63, 3.8) is 0 Å². The maximum Gasteiger partial charge on any atom is 0.263 e. The number of ether oxygens (including phenoxy) is 1. The number of amides is 1. The summed E-state index contributed by atoms with van der Waals surface area (Å²) < 4.78 is 7.19. The fourth-order valence-corrected chi connectivity index (χ4v) is 2.68. The lowest BCUT2D eigenvalue weighted by molar-refractivity contribution is 0.102. The van der Waals surface area contributed by atoms with Gasteiger partial charge in [0.1, 0.15) is 17.1 Å². The maximum atomic E-state index is 12.5. The highest BCUT2D eigenvalue weighted by atomic mass is 16.5. The van der Waals surface area contributed by atoms with Crippen molar-refractivity contribution < 1.29 is 9.53 Å². The van der Waals surface area contributed by atoms with Crippen LogP contribution in [0.5, 0.6) is 11.5 Å². The molecule has 0 radical (unpaired) electrons. The van der Waals surface area contributed by atoms with Gasteiger partial charge in [-0.3, -0.25) is 9.59 Å². The molecule has 0 bridgehead atoms. The lowest BCUT2D eigenvalue weighted by atomic mass is 10.1. The summed E-state index contributed by atoms with van der Waals surface area (Å²) in [6, 6.07) is 18.3. The first-order chi connectivity index (χ1) is 12.5. The molecule has 0 aliphatic rings. The third-order valence-electron chi connectivity index (χ3n) is 4.19. The van der Waals surface area contributed by atoms with Crippen LogP contribution in [0.3, 0.4) is 0 Å². The van der Waals surface area contributed by atoms with Crippen LogP contribution >= 0.6 is 0 Å². The van der Waals surface area contributed by atoms with Crippen LogP contribution in [0.1, 0.15) is 21.6 Å². The molecular formula is C21H20N2O3. The van der Waals surface area contributed by atoms with E-state index in [-0.39, 0.29) is 11.1 Å². The summed E-state index contributed by atoms with van der Waals surface area (Å²) in [5.41, 5.74) is 1.92. The Balaban J connectivity index is 1.77. The van der Waals surface area contributed by atoms with Crippen LogP contribution in [0, 0.1) is 13.8 Å². The Morgan fingerprint density at radius 3 is 2.23 bits per heavy atom. The van der Waals surface area contributed by atoms with E-state index in [1.165, 1.54) is 4.57 Å². The second-order valence-corrected chi connectivity index (χ2v) is 6.10. The van der Waals surface area contributed by atoms with Gasteiger partial charge in [-0.05, 0) is 61.9 Å². The molecule has 0 spiro atoms. The number of nitrogens with zero attached hydrogens (tertiary/aromatic N) is 1. The monoisotopic (exact) mass is 348 g/mol. The van der Waals surface area contributed by atoms with Gasteiger partial charge in [-0.15, -0.1) is 0 Å². The number of carbonyl (C=O) groups excluding carboxylic acids is 1. The highest BCUT2D eigenvalue weighted by Crippen LogP contribution is 2.22. The highest BCUT2D eigenvalue weighted by molar-refractivity contribution is 6.05. The lowest BCUT2D eigenvalue weighted by Gasteiger charge is -2.11. The van der Waals surface area contributed by atoms with Gasteiger partial charge in [-0.2, -0.15) is 0 Å². The Hall–Kier alpha value is -3.34. The van der Waals surface area contributed by atoms with Gasteiger partial charge in [-0.25, -0.2) is 0 Å². The first kappa shape index (κ1) is 17.5. The molecule has 26 heavy (non-hydrogen) atoms. The SMILES string of the molecule is Cc1cc(C)n(C)c(=O)c1C(=O)Nc1ccc(Oc2ccccc2)cc1. The Labute approximate surface area is 151 Å². The Kier molecular flexibility index (Phi) is 4.89. The molecule has 1 aromatic heterocycles. The minimum Gasteiger partial charge on any atom is -0.457 e. The number of nitrogens with one attached hydrogen (secondary N) is 1. The highest BCUT2D eigenvalue weighted by Gasteiger charge is 2.16. The van der Waals surface area contributed by atoms with E-state index in [1.54, 1.807) is 38.2 Å². The van der Waals surface area contributed by atoms with Gasteiger partial charge in [-0.1, -0.05) is 18.2 Å². The number of benzene rings is 2. The molecule has 0 fully saturated rings. The van der Waals surface area contributed by atoms with Gasteiger partial charge < -0.3 is 14.6 Å². The van der Waals surface area contributed by atoms with E-state index in [0.717, 1.165) is 11.4 Å². The third kappa shape index (κ3) is 3.67. The van der Waals surface area contributed by atoms with E-state index in [0.29, 0.717) is 17.0 Å². The Morgan fingerprint density at radius 2 is 1.58 bits per heavy atom. The van der Waals surface area contributed by atoms with Crippen molar-refractivity contribution in [1.29, 1.82) is 0 Å². The molecule has 132 valence electrons. The van der Waals surface area contributed by atoms with Crippen molar-refractivity contribution in [3.8, 4) is 11.5 Å². The number of carbonyl (C=O) groups is 1. The fraction of sp³-hybridized carbons (Fsp3) is 0.143. The number of hydrogen-bond acceptors (Lipinski definition) is 3. The summed E-state index contributed by atoms with van der Waals surface area (Å²) in [6.07, 6.45) is 0. The van der Waals surface area contributed by atoms with Crippen molar-refractivity contribution >= 4 is 11.6 Å². The van der Waals surface area contributed by atoms with Crippen LogP contribution in [-0.4, -0.2) is 10.5 Å². The summed E-state index contributed by atoms with van der Waals surface area (Å²) in [7, 11) is 1.66. The minimum atomic E-state index is -0.417. The van der Waals surface area contributed by atoms with Crippen LogP contribution < -0.4 is 15.6 Å². The van der Waals surface area contributed by atoms with Gasteiger partial charge in [0.15, 0.2) is 0 Å². The molecule has 1 heterocycles. The number of aryl methyl sites for hydroxylation is 2. The molecular weight excluding hydrogens is 328 g/mol. The van der Waals surface area contributed by atoms with E-state index in [9.17, 15) is 9.59 Å². The standard InChI is InChI=1S/C21H20N2O3/c1-14-13-15(2)23(3)21(25)19(14)20(24)22-16-9-11-18(12-10-16)26-17-7-5-4-6-8-17/h4-13H,1-3H3,(H,22,24). The van der Waals surface area contributed by atoms with Gasteiger partial charge in [0.25, 0.3) is 11.5 Å². The van der Waals surface area contributed by atoms with Crippen molar-refractivity contribution in [2.75, 3.05) is 5.32 Å². The molecule has 2 aromatic carbocycles. The molecule has 0 unspecified atom stereocenters. The molecule has 1 amide bonds. The Morgan fingerprint density at radius 1 is 0.962 bits per heavy atom. The number of para-hydroxylation sites is 1. The zero-order valence-electron chi connectivity index (χ0n) is 14.9. The second-order valence-electron chi connectivity index (χ2n) is 6.10. The summed E-state index contributed by atoms with van der Waals surface area (Å²) in [5, 5.41) is 2.77. The predicted octanol–water partition coefficient (Wildman–Crippen LogP) is 4.05. The minimum absolute atomic E-state index is 0.155. The molecule has 0 aliphatic heterocycles. The second kappa shape index (κ2) is 7.27. The third-order valence-corrected chi connectivity index (χ3v) is 4.19. The summed E-state index contributed by atoms with van der Waals surface area (Å²) in [4.78, 5) is 24.9. The van der Waals surface area contributed by atoms with Crippen molar-refractivity contribution in [1.82, 2.24) is 4.57 Å². The van der Waals surface area contributed by atoms with E-state index >= 15 is 0 Å². The normalized spacial score (nSPS) is 10.4. The molecule has 5 heteroatoms. The summed E-state index contributed by atoms with van der Waals surface area (Å²) in [6.45, 7) is 3.60. The number of pyridine rings is 1. The first-order valence-corrected chi connectivity index (χ1v) is 8.27. The van der Waals surface area contributed by atoms with Crippen LogP contribution in [0.2, 0.25) is 0 Å². The smallest absolute Gasteiger partial charge is 0.263 e. The molecule has 0 saturated carbocycles. The summed E-state index contributed by atoms with van der Waals surface area (Å²) >= 11 is 0. The van der Waals surface area contributed by atoms with Crippen molar-refractivity contribution in [3.05, 3.63) is 87.8 Å². The quantitative estimate of drug-likeness (QED) is 0.774. The average molecular weight is 348 g/mol. The van der Waals surface area contributed by atoms with Crippen LogP contribution in [0.4, 0.5) is 5.69 Å². The van der Waals surface area contributed by atoms with Crippen LogP contribution in [0.25, 0.3) is 0 Å². The van der Waals surface area contributed by atoms with E-state index < -0.39 is 5.91 Å². The summed E-state index contributed by atoms with van der Waals surface area (Å²) in [5.74, 6) is 0.986. The van der Waals surface area contributed by atoms with Crippen LogP contribution in [0.15, 0.2) is 65.5 Å². The van der Waals surface area contributed by atoms with Gasteiger partial charge in [0.2, 0.25) is 0 Å². The Bertz CT molecular complexity index is 990. The van der Waals surface area contributed by atoms with Gasteiger partial charge in [0, 0.05) is 18.4 Å². The molecule has 0 aliphatic carbocycles. The van der Waals surface area contributed by atoms with E-state index in [2.05, 4.69) is 5.32 Å². The molecule has 0 atom stereocenters. The largest absolute Gasteiger partial charge is 0.457 e. The van der Waals surface area contributed by atoms with Crippen molar-refractivity contribution in [2.45, 2.75) is 13.8 Å². The molecule has 1 N–H and O–H groups in total. The van der Waals surface area contributed by atoms with Gasteiger partial charge >= 0.3 is 0 Å². The molecule has 0 saturated heterocycles. The predicted molar refractivity (Wildman–Crippen MR) is 102 cm³/mol. The van der Waals surface area contributed by atoms with Crippen molar-refractivity contribution in [2.24, 2.45) is 7.05 Å². The molecule has 3 aromatic rings. The number of rotatable bonds is 4. The first-order valence-electron chi connectivity index (χ1n) is 8.27. The lowest BCUT2D eigenvalue weighted by Crippen LogP contribution is -2.30. The van der Waals surface area contributed by atoms with E-state index in [1.807, 2.05) is 43.3 Å². The van der Waals surface area contributed by atoms with Crippen LogP contribution in [-0.2, 0) is 7.05 Å². The zero-order valence-corrected chi connectivity index (χ0v) is 14.9. The maximum absolute atomic E-state index is 12.5. The number of aromatic nitrogens is 1. The number of anilines is 1. The van der Waals surface area contributed by atoms with Gasteiger partial charge in [0.05, 0.1) is 0 Å². The average Bonchev–Trinajstić information content (AvgIpc) is 2.62. The topological polar surface area (TPSA) is 60.3 Å². The zero-order chi connectivity index (χ0) is 18.7. The molecule has 3 rings (SSSR count). The molecule has 5 nitrogen and oxygen atoms in total. The fourth-order valence-electron chi connectivity index (χ4n) is 2.68. The van der Waals surface area contributed by atoms with E-state index in [4.69, 9.17) is 4.74 Å². The number of hydrogen-bond donors (Lipinski definition) is 1.